The van der Waals surface area contributed by atoms with Gasteiger partial charge in [-0.05, 0) is 24.6 Å². The Balaban J connectivity index is 2.07. The molecule has 0 spiro atoms. The van der Waals surface area contributed by atoms with Gasteiger partial charge in [-0.15, -0.1) is 0 Å². The molecule has 0 saturated carbocycles. The van der Waals surface area contributed by atoms with Crippen molar-refractivity contribution in [1.29, 1.82) is 0 Å². The zero-order valence-corrected chi connectivity index (χ0v) is 12.8. The van der Waals surface area contributed by atoms with Crippen LogP contribution in [0.3, 0.4) is 0 Å². The summed E-state index contributed by atoms with van der Waals surface area (Å²) in [5.41, 5.74) is 0.798. The first-order chi connectivity index (χ1) is 9.52. The number of thioether (sulfide) groups is 1. The maximum absolute atomic E-state index is 12.0. The number of allylic oxidation sites excluding steroid dienone is 3. The molecule has 1 fully saturated rings. The van der Waals surface area contributed by atoms with Crippen LogP contribution >= 0.6 is 24.0 Å². The number of likely N-dealkylation sites (N-methyl/N-ethyl adjacent to an activating group) is 1. The van der Waals surface area contributed by atoms with Gasteiger partial charge in [0, 0.05) is 19.4 Å². The van der Waals surface area contributed by atoms with Crippen molar-refractivity contribution in [3.8, 4) is 0 Å². The van der Waals surface area contributed by atoms with E-state index in [0.717, 1.165) is 5.57 Å². The number of carbonyl (C=O) groups excluding carboxylic acids is 2. The standard InChI is InChI=1S/C13H14N2O3S2/c1-3-18-10(16)8-15-6-4-9(5-7-15)11-12(17)14(2)13(19)20-11/h4-7H,3,8H2,1-2H3. The van der Waals surface area contributed by atoms with Gasteiger partial charge in [-0.1, -0.05) is 24.0 Å². The number of hydrogen-bond donors (Lipinski definition) is 0. The van der Waals surface area contributed by atoms with E-state index in [-0.39, 0.29) is 18.4 Å². The van der Waals surface area contributed by atoms with Gasteiger partial charge in [-0.25, -0.2) is 0 Å². The van der Waals surface area contributed by atoms with E-state index in [4.69, 9.17) is 17.0 Å². The van der Waals surface area contributed by atoms with Crippen LogP contribution in [0.1, 0.15) is 6.92 Å². The maximum atomic E-state index is 12.0. The lowest BCUT2D eigenvalue weighted by Crippen LogP contribution is -2.24. The number of rotatable bonds is 3. The summed E-state index contributed by atoms with van der Waals surface area (Å²) in [6, 6.07) is 0. The fraction of sp³-hybridized carbons (Fsp3) is 0.308. The summed E-state index contributed by atoms with van der Waals surface area (Å²) in [7, 11) is 1.66. The Hall–Kier alpha value is -1.60. The summed E-state index contributed by atoms with van der Waals surface area (Å²) in [5.74, 6) is -0.381. The minimum Gasteiger partial charge on any atom is -0.465 e. The minimum atomic E-state index is -0.287. The molecule has 0 aromatic carbocycles. The molecule has 5 nitrogen and oxygen atoms in total. The Labute approximate surface area is 126 Å². The van der Waals surface area contributed by atoms with Crippen LogP contribution in [0.25, 0.3) is 0 Å². The van der Waals surface area contributed by atoms with E-state index >= 15 is 0 Å². The monoisotopic (exact) mass is 310 g/mol. The molecule has 2 rings (SSSR count). The molecule has 106 valence electrons. The molecule has 0 aromatic heterocycles. The van der Waals surface area contributed by atoms with Gasteiger partial charge in [0.1, 0.15) is 10.9 Å². The molecule has 1 saturated heterocycles. The fourth-order valence-corrected chi connectivity index (χ4v) is 2.89. The van der Waals surface area contributed by atoms with Gasteiger partial charge in [-0.2, -0.15) is 0 Å². The SMILES string of the molecule is CCOC(=O)CN1C=CC(=C2SC(=S)N(C)C2=O)C=C1. The number of hydrogen-bond acceptors (Lipinski definition) is 6. The Kier molecular flexibility index (Phi) is 4.61. The molecule has 0 aromatic rings. The molecule has 1 amide bonds. The predicted octanol–water partition coefficient (Wildman–Crippen LogP) is 1.64. The first kappa shape index (κ1) is 14.8. The van der Waals surface area contributed by atoms with Crippen molar-refractivity contribution in [2.45, 2.75) is 6.92 Å². The van der Waals surface area contributed by atoms with Crippen LogP contribution in [0.5, 0.6) is 0 Å². The van der Waals surface area contributed by atoms with E-state index in [2.05, 4.69) is 0 Å². The van der Waals surface area contributed by atoms with Crippen molar-refractivity contribution in [2.75, 3.05) is 20.2 Å². The van der Waals surface area contributed by atoms with Gasteiger partial charge in [0.25, 0.3) is 5.91 Å². The highest BCUT2D eigenvalue weighted by Crippen LogP contribution is 2.33. The largest absolute Gasteiger partial charge is 0.465 e. The van der Waals surface area contributed by atoms with Gasteiger partial charge < -0.3 is 9.64 Å². The molecule has 2 heterocycles. The van der Waals surface area contributed by atoms with Crippen LogP contribution < -0.4 is 0 Å². The summed E-state index contributed by atoms with van der Waals surface area (Å²) < 4.78 is 5.42. The van der Waals surface area contributed by atoms with Crippen molar-refractivity contribution in [1.82, 2.24) is 9.80 Å². The van der Waals surface area contributed by atoms with Crippen LogP contribution in [0.2, 0.25) is 0 Å². The lowest BCUT2D eigenvalue weighted by molar-refractivity contribution is -0.143. The number of ether oxygens (including phenoxy) is 1. The lowest BCUT2D eigenvalue weighted by atomic mass is 10.2. The molecule has 2 aliphatic rings. The predicted molar refractivity (Wildman–Crippen MR) is 81.6 cm³/mol. The van der Waals surface area contributed by atoms with E-state index in [0.29, 0.717) is 15.8 Å². The second kappa shape index (κ2) is 6.23. The molecule has 20 heavy (non-hydrogen) atoms. The normalized spacial score (nSPS) is 18.3. The molecule has 0 bridgehead atoms. The first-order valence-corrected chi connectivity index (χ1v) is 7.27. The number of nitrogens with zero attached hydrogens (tertiary/aromatic N) is 2. The van der Waals surface area contributed by atoms with E-state index < -0.39 is 0 Å². The maximum Gasteiger partial charge on any atom is 0.325 e. The fourth-order valence-electron chi connectivity index (χ4n) is 1.69. The van der Waals surface area contributed by atoms with E-state index in [1.807, 2.05) is 0 Å². The number of thiocarbonyl (C=S) groups is 1. The zero-order chi connectivity index (χ0) is 14.7. The summed E-state index contributed by atoms with van der Waals surface area (Å²) in [6.07, 6.45) is 7.07. The van der Waals surface area contributed by atoms with Crippen molar-refractivity contribution < 1.29 is 14.3 Å². The highest BCUT2D eigenvalue weighted by molar-refractivity contribution is 8.26. The topological polar surface area (TPSA) is 49.9 Å². The molecule has 0 unspecified atom stereocenters. The summed E-state index contributed by atoms with van der Waals surface area (Å²) in [5, 5.41) is 0. The third kappa shape index (κ3) is 3.10. The van der Waals surface area contributed by atoms with Crippen molar-refractivity contribution in [2.24, 2.45) is 0 Å². The average molecular weight is 310 g/mol. The van der Waals surface area contributed by atoms with Crippen LogP contribution in [0.4, 0.5) is 0 Å². The molecule has 0 aliphatic carbocycles. The molecule has 0 N–H and O–H groups in total. The van der Waals surface area contributed by atoms with Crippen LogP contribution in [-0.2, 0) is 14.3 Å². The Morgan fingerprint density at radius 3 is 2.55 bits per heavy atom. The van der Waals surface area contributed by atoms with Crippen molar-refractivity contribution >= 4 is 40.2 Å². The quantitative estimate of drug-likeness (QED) is 0.449. The third-order valence-corrected chi connectivity index (χ3v) is 4.32. The Morgan fingerprint density at radius 2 is 2.05 bits per heavy atom. The van der Waals surface area contributed by atoms with E-state index in [1.54, 1.807) is 43.4 Å². The van der Waals surface area contributed by atoms with Crippen molar-refractivity contribution in [3.63, 3.8) is 0 Å². The smallest absolute Gasteiger partial charge is 0.325 e. The zero-order valence-electron chi connectivity index (χ0n) is 11.2. The van der Waals surface area contributed by atoms with Crippen LogP contribution in [0.15, 0.2) is 35.0 Å². The van der Waals surface area contributed by atoms with Gasteiger partial charge in [-0.3, -0.25) is 14.5 Å². The van der Waals surface area contributed by atoms with E-state index in [1.165, 1.54) is 16.7 Å². The average Bonchev–Trinajstić information content (AvgIpc) is 2.68. The molecule has 2 aliphatic heterocycles. The molecular weight excluding hydrogens is 296 g/mol. The minimum absolute atomic E-state index is 0.0943. The highest BCUT2D eigenvalue weighted by Gasteiger charge is 2.30. The number of amides is 1. The second-order valence-corrected chi connectivity index (χ2v) is 5.77. The van der Waals surface area contributed by atoms with Crippen molar-refractivity contribution in [3.05, 3.63) is 35.0 Å². The van der Waals surface area contributed by atoms with Gasteiger partial charge in [0.05, 0.1) is 11.5 Å². The van der Waals surface area contributed by atoms with Gasteiger partial charge >= 0.3 is 5.97 Å². The number of esters is 1. The number of carbonyl (C=O) groups is 2. The van der Waals surface area contributed by atoms with Crippen LogP contribution in [0, 0.1) is 0 Å². The Morgan fingerprint density at radius 1 is 1.40 bits per heavy atom. The van der Waals surface area contributed by atoms with Crippen LogP contribution in [-0.4, -0.2) is 46.2 Å². The molecule has 0 radical (unpaired) electrons. The highest BCUT2D eigenvalue weighted by atomic mass is 32.2. The summed E-state index contributed by atoms with van der Waals surface area (Å²) in [6.45, 7) is 2.29. The molecule has 7 heteroatoms. The molecule has 0 atom stereocenters. The summed E-state index contributed by atoms with van der Waals surface area (Å²) in [4.78, 5) is 27.1. The third-order valence-electron chi connectivity index (χ3n) is 2.73. The van der Waals surface area contributed by atoms with Gasteiger partial charge in [0.15, 0.2) is 0 Å². The van der Waals surface area contributed by atoms with Gasteiger partial charge in [0.2, 0.25) is 0 Å². The Bertz CT molecular complexity index is 536. The summed E-state index contributed by atoms with van der Waals surface area (Å²) >= 11 is 6.37. The first-order valence-electron chi connectivity index (χ1n) is 6.05. The second-order valence-electron chi connectivity index (χ2n) is 4.13. The molecular formula is C13H14N2O3S2. The van der Waals surface area contributed by atoms with E-state index in [9.17, 15) is 9.59 Å². The lowest BCUT2D eigenvalue weighted by Gasteiger charge is -2.18.